The first-order valence-electron chi connectivity index (χ1n) is 12.2. The monoisotopic (exact) mass is 507 g/mol. The van der Waals surface area contributed by atoms with Crippen molar-refractivity contribution in [3.05, 3.63) is 47.3 Å². The Labute approximate surface area is 208 Å². The normalized spacial score (nSPS) is 18.5. The number of alkyl halides is 3. The van der Waals surface area contributed by atoms with Crippen molar-refractivity contribution in [3.8, 4) is 0 Å². The van der Waals surface area contributed by atoms with Gasteiger partial charge in [0.2, 0.25) is 0 Å². The minimum atomic E-state index is -4.39. The Bertz CT molecular complexity index is 1100. The summed E-state index contributed by atoms with van der Waals surface area (Å²) in [5.41, 5.74) is 0.447. The number of hydrogen-bond donors (Lipinski definition) is 1. The summed E-state index contributed by atoms with van der Waals surface area (Å²) < 4.78 is 41.4. The first-order chi connectivity index (χ1) is 17.0. The van der Waals surface area contributed by atoms with Gasteiger partial charge in [-0.1, -0.05) is 6.07 Å². The topological polar surface area (TPSA) is 81.9 Å². The molecule has 3 heterocycles. The van der Waals surface area contributed by atoms with Gasteiger partial charge in [0.05, 0.1) is 5.56 Å². The average molecular weight is 508 g/mol. The maximum atomic E-state index is 13.5. The molecule has 2 saturated heterocycles. The summed E-state index contributed by atoms with van der Waals surface area (Å²) in [6.07, 6.45) is 1.32. The number of aromatic nitrogens is 2. The van der Waals surface area contributed by atoms with Crippen LogP contribution in [0.5, 0.6) is 0 Å². The van der Waals surface area contributed by atoms with Gasteiger partial charge in [0.25, 0.3) is 0 Å². The Hall–Kier alpha value is -3.08. The van der Waals surface area contributed by atoms with Gasteiger partial charge in [-0.2, -0.15) is 23.0 Å². The van der Waals surface area contributed by atoms with Crippen molar-refractivity contribution < 1.29 is 27.9 Å². The van der Waals surface area contributed by atoms with E-state index in [0.717, 1.165) is 48.7 Å². The van der Waals surface area contributed by atoms with Crippen LogP contribution >= 0.6 is 0 Å². The highest BCUT2D eigenvalue weighted by Gasteiger charge is 2.37. The smallest absolute Gasteiger partial charge is 0.416 e. The number of amides is 1. The maximum absolute atomic E-state index is 13.5. The number of anilines is 1. The zero-order valence-corrected chi connectivity index (χ0v) is 20.6. The van der Waals surface area contributed by atoms with E-state index in [0.29, 0.717) is 38.2 Å². The van der Waals surface area contributed by atoms with E-state index in [4.69, 9.17) is 5.11 Å². The third kappa shape index (κ3) is 5.50. The van der Waals surface area contributed by atoms with Crippen molar-refractivity contribution >= 4 is 17.7 Å². The highest BCUT2D eigenvalue weighted by atomic mass is 19.4. The molecule has 196 valence electrons. The molecular formula is C25H32F3N5O3. The second kappa shape index (κ2) is 10.1. The van der Waals surface area contributed by atoms with Crippen molar-refractivity contribution in [2.45, 2.75) is 57.3 Å². The van der Waals surface area contributed by atoms with Crippen molar-refractivity contribution in [2.75, 3.05) is 38.1 Å². The largest absolute Gasteiger partial charge is 0.476 e. The van der Waals surface area contributed by atoms with Crippen LogP contribution in [0.15, 0.2) is 30.5 Å². The quantitative estimate of drug-likeness (QED) is 0.640. The molecule has 0 unspecified atom stereocenters. The summed E-state index contributed by atoms with van der Waals surface area (Å²) in [6, 6.07) is 4.96. The molecular weight excluding hydrogens is 475 g/mol. The fourth-order valence-electron chi connectivity index (χ4n) is 5.00. The molecule has 1 N–H and O–H groups in total. The highest BCUT2D eigenvalue weighted by Crippen LogP contribution is 2.36. The predicted molar refractivity (Wildman–Crippen MR) is 128 cm³/mol. The van der Waals surface area contributed by atoms with E-state index >= 15 is 0 Å². The molecule has 1 amide bonds. The summed E-state index contributed by atoms with van der Waals surface area (Å²) in [4.78, 5) is 29.7. The molecule has 2 aliphatic rings. The third-order valence-electron chi connectivity index (χ3n) is 7.55. The molecule has 0 radical (unpaired) electrons. The van der Waals surface area contributed by atoms with Crippen molar-refractivity contribution in [1.29, 1.82) is 0 Å². The van der Waals surface area contributed by atoms with Gasteiger partial charge in [-0.15, -0.1) is 0 Å². The van der Waals surface area contributed by atoms with Crippen LogP contribution < -0.4 is 4.90 Å². The van der Waals surface area contributed by atoms with E-state index < -0.39 is 17.7 Å². The van der Waals surface area contributed by atoms with Crippen LogP contribution in [0.2, 0.25) is 0 Å². The zero-order valence-electron chi connectivity index (χ0n) is 20.6. The lowest BCUT2D eigenvalue weighted by molar-refractivity contribution is -0.137. The molecule has 2 aliphatic heterocycles. The molecule has 0 spiro atoms. The number of likely N-dealkylation sites (tertiary alicyclic amines) is 1. The summed E-state index contributed by atoms with van der Waals surface area (Å²) in [5.74, 6) is -1.19. The number of halogens is 3. The lowest BCUT2D eigenvalue weighted by Gasteiger charge is -2.45. The molecule has 1 aromatic carbocycles. The fourth-order valence-corrected chi connectivity index (χ4v) is 5.00. The van der Waals surface area contributed by atoms with Gasteiger partial charge >= 0.3 is 18.2 Å². The summed E-state index contributed by atoms with van der Waals surface area (Å²) >= 11 is 0. The summed E-state index contributed by atoms with van der Waals surface area (Å²) in [6.45, 7) is 5.04. The maximum Gasteiger partial charge on any atom is 0.416 e. The molecule has 0 aliphatic carbocycles. The van der Waals surface area contributed by atoms with Gasteiger partial charge in [-0.25, -0.2) is 9.59 Å². The number of carbonyl (C=O) groups is 2. The first kappa shape index (κ1) is 26.0. The number of aromatic carboxylic acids is 1. The first-order valence-corrected chi connectivity index (χ1v) is 12.2. The van der Waals surface area contributed by atoms with Crippen LogP contribution in [0.1, 0.15) is 60.6 Å². The van der Waals surface area contributed by atoms with Gasteiger partial charge in [-0.3, -0.25) is 4.90 Å². The van der Waals surface area contributed by atoms with E-state index in [2.05, 4.69) is 21.8 Å². The molecule has 0 saturated carbocycles. The average Bonchev–Trinajstić information content (AvgIpc) is 3.35. The molecule has 4 rings (SSSR count). The number of carbonyl (C=O) groups excluding carboxylic acids is 1. The molecule has 36 heavy (non-hydrogen) atoms. The second-order valence-electron chi connectivity index (χ2n) is 9.96. The minimum absolute atomic E-state index is 0.189. The summed E-state index contributed by atoms with van der Waals surface area (Å²) in [7, 11) is 1.97. The van der Waals surface area contributed by atoms with E-state index in [9.17, 15) is 22.8 Å². The Balaban J connectivity index is 1.46. The fraction of sp³-hybridized carbons (Fsp3) is 0.560. The number of hydrogen-bond acceptors (Lipinski definition) is 5. The van der Waals surface area contributed by atoms with Crippen molar-refractivity contribution in [2.24, 2.45) is 0 Å². The number of piperidine rings is 2. The van der Waals surface area contributed by atoms with E-state index in [1.54, 1.807) is 11.0 Å². The van der Waals surface area contributed by atoms with Gasteiger partial charge in [0.1, 0.15) is 0 Å². The number of carboxylic acid groups (broad SMARTS) is 1. The molecule has 0 bridgehead atoms. The van der Waals surface area contributed by atoms with Crippen LogP contribution in [0.4, 0.5) is 23.7 Å². The number of carboxylic acids is 1. The van der Waals surface area contributed by atoms with Crippen LogP contribution in [0, 0.1) is 0 Å². The SMILES string of the molecule is CN(Cc1ccc(C(F)(F)F)cc1N1CCCCC1)C1(C)CCN(C(=O)n2ccc(C(=O)O)n2)CC1. The zero-order chi connectivity index (χ0) is 26.1. The Morgan fingerprint density at radius 3 is 2.33 bits per heavy atom. The van der Waals surface area contributed by atoms with E-state index in [-0.39, 0.29) is 17.3 Å². The van der Waals surface area contributed by atoms with E-state index in [1.807, 2.05) is 7.05 Å². The molecule has 8 nitrogen and oxygen atoms in total. The Kier molecular flexibility index (Phi) is 7.31. The van der Waals surface area contributed by atoms with Crippen LogP contribution in [0.25, 0.3) is 0 Å². The molecule has 2 aromatic rings. The van der Waals surface area contributed by atoms with Crippen molar-refractivity contribution in [3.63, 3.8) is 0 Å². The Morgan fingerprint density at radius 1 is 1.08 bits per heavy atom. The van der Waals surface area contributed by atoms with Gasteiger partial charge in [-0.05, 0) is 69.8 Å². The van der Waals surface area contributed by atoms with Gasteiger partial charge in [0.15, 0.2) is 5.69 Å². The highest BCUT2D eigenvalue weighted by molar-refractivity contribution is 5.86. The minimum Gasteiger partial charge on any atom is -0.476 e. The van der Waals surface area contributed by atoms with Crippen LogP contribution in [0.3, 0.4) is 0 Å². The standard InChI is InChI=1S/C25H32F3N5O3/c1-24(9-14-32(15-10-24)23(36)33-13-8-20(29-33)22(34)35)30(2)17-18-6-7-19(25(26,27)28)16-21(18)31-11-4-3-5-12-31/h6-8,13,16H,3-5,9-12,14-15,17H2,1-2H3,(H,34,35). The van der Waals surface area contributed by atoms with Gasteiger partial charge < -0.3 is 14.9 Å². The Morgan fingerprint density at radius 2 is 1.75 bits per heavy atom. The predicted octanol–water partition coefficient (Wildman–Crippen LogP) is 4.55. The van der Waals surface area contributed by atoms with Crippen LogP contribution in [-0.2, 0) is 12.7 Å². The molecule has 2 fully saturated rings. The van der Waals surface area contributed by atoms with Crippen LogP contribution in [-0.4, -0.2) is 75.5 Å². The molecule has 1 aromatic heterocycles. The van der Waals surface area contributed by atoms with Crippen molar-refractivity contribution in [1.82, 2.24) is 19.6 Å². The second-order valence-corrected chi connectivity index (χ2v) is 9.96. The number of benzene rings is 1. The number of rotatable bonds is 5. The lowest BCUT2D eigenvalue weighted by Crippen LogP contribution is -2.53. The van der Waals surface area contributed by atoms with E-state index in [1.165, 1.54) is 18.3 Å². The summed E-state index contributed by atoms with van der Waals surface area (Å²) in [5, 5.41) is 12.9. The lowest BCUT2D eigenvalue weighted by atomic mass is 9.87. The van der Waals surface area contributed by atoms with Gasteiger partial charge in [0, 0.05) is 50.1 Å². The molecule has 11 heteroatoms. The molecule has 0 atom stereocenters. The number of nitrogens with zero attached hydrogens (tertiary/aromatic N) is 5. The third-order valence-corrected chi connectivity index (χ3v) is 7.55.